The topological polar surface area (TPSA) is 24.5 Å². The fourth-order valence-electron chi connectivity index (χ4n) is 1.97. The van der Waals surface area contributed by atoms with Gasteiger partial charge < -0.3 is 10.1 Å². The van der Waals surface area contributed by atoms with Gasteiger partial charge in [0.1, 0.15) is 0 Å². The van der Waals surface area contributed by atoms with Crippen LogP contribution in [0, 0.1) is 0 Å². The first kappa shape index (κ1) is 12.9. The molecule has 0 aromatic carbocycles. The number of nitrogens with one attached hydrogen (secondary N) is 1. The fourth-order valence-corrected chi connectivity index (χ4v) is 1.97. The van der Waals surface area contributed by atoms with E-state index in [1.54, 1.807) is 0 Å². The second-order valence-electron chi connectivity index (χ2n) is 4.61. The van der Waals surface area contributed by atoms with Gasteiger partial charge in [0, 0.05) is 25.7 Å². The lowest BCUT2D eigenvalue weighted by atomic mass is 10.1. The molecule has 0 saturated carbocycles. The summed E-state index contributed by atoms with van der Waals surface area (Å²) < 4.78 is 5.58. The van der Waals surface area contributed by atoms with Gasteiger partial charge in [0.15, 0.2) is 0 Å². The second-order valence-corrected chi connectivity index (χ2v) is 4.61. The Morgan fingerprint density at radius 1 is 1.40 bits per heavy atom. The fraction of sp³-hybridized carbons (Fsp3) is 1.00. The number of nitrogens with zero attached hydrogens (tertiary/aromatic N) is 1. The third kappa shape index (κ3) is 5.50. The SMILES string of the molecule is CCC1CCN(CCOC(C)C)CCN1. The molecule has 1 fully saturated rings. The molecule has 1 aliphatic rings. The third-order valence-corrected chi connectivity index (χ3v) is 3.01. The molecule has 3 heteroatoms. The van der Waals surface area contributed by atoms with Crippen LogP contribution in [0.3, 0.4) is 0 Å². The minimum Gasteiger partial charge on any atom is -0.377 e. The molecular formula is C12H26N2O. The zero-order valence-corrected chi connectivity index (χ0v) is 10.5. The molecule has 1 atom stereocenters. The first-order valence-electron chi connectivity index (χ1n) is 6.29. The molecule has 0 spiro atoms. The Morgan fingerprint density at radius 2 is 2.20 bits per heavy atom. The number of hydrogen-bond acceptors (Lipinski definition) is 3. The van der Waals surface area contributed by atoms with Crippen molar-refractivity contribution in [2.45, 2.75) is 45.8 Å². The van der Waals surface area contributed by atoms with E-state index in [0.717, 1.165) is 32.3 Å². The lowest BCUT2D eigenvalue weighted by Crippen LogP contribution is -2.32. The maximum atomic E-state index is 5.58. The summed E-state index contributed by atoms with van der Waals surface area (Å²) in [6, 6.07) is 0.723. The van der Waals surface area contributed by atoms with E-state index in [4.69, 9.17) is 4.74 Å². The summed E-state index contributed by atoms with van der Waals surface area (Å²) in [6.45, 7) is 11.9. The Hall–Kier alpha value is -0.120. The summed E-state index contributed by atoms with van der Waals surface area (Å²) >= 11 is 0. The van der Waals surface area contributed by atoms with Gasteiger partial charge in [-0.1, -0.05) is 6.92 Å². The molecule has 1 aliphatic heterocycles. The standard InChI is InChI=1S/C12H26N2O/c1-4-12-5-7-14(8-6-13-12)9-10-15-11(2)3/h11-13H,4-10H2,1-3H3. The van der Waals surface area contributed by atoms with Gasteiger partial charge >= 0.3 is 0 Å². The van der Waals surface area contributed by atoms with E-state index in [2.05, 4.69) is 31.0 Å². The van der Waals surface area contributed by atoms with E-state index >= 15 is 0 Å². The van der Waals surface area contributed by atoms with Gasteiger partial charge in [-0.3, -0.25) is 4.90 Å². The van der Waals surface area contributed by atoms with Gasteiger partial charge in [0.05, 0.1) is 12.7 Å². The molecule has 1 rings (SSSR count). The van der Waals surface area contributed by atoms with Crippen molar-refractivity contribution in [1.29, 1.82) is 0 Å². The van der Waals surface area contributed by atoms with Gasteiger partial charge in [-0.25, -0.2) is 0 Å². The highest BCUT2D eigenvalue weighted by atomic mass is 16.5. The first-order chi connectivity index (χ1) is 7.22. The van der Waals surface area contributed by atoms with E-state index < -0.39 is 0 Å². The van der Waals surface area contributed by atoms with Crippen LogP contribution < -0.4 is 5.32 Å². The second kappa shape index (κ2) is 7.20. The highest BCUT2D eigenvalue weighted by Gasteiger charge is 2.14. The molecule has 0 aliphatic carbocycles. The van der Waals surface area contributed by atoms with Crippen LogP contribution in [0.1, 0.15) is 33.6 Å². The maximum Gasteiger partial charge on any atom is 0.0596 e. The van der Waals surface area contributed by atoms with Crippen molar-refractivity contribution in [2.24, 2.45) is 0 Å². The molecule has 3 nitrogen and oxygen atoms in total. The average molecular weight is 214 g/mol. The van der Waals surface area contributed by atoms with Crippen molar-refractivity contribution >= 4 is 0 Å². The van der Waals surface area contributed by atoms with Crippen LogP contribution in [0.15, 0.2) is 0 Å². The van der Waals surface area contributed by atoms with Crippen LogP contribution in [-0.2, 0) is 4.74 Å². The summed E-state index contributed by atoms with van der Waals surface area (Å²) in [5.74, 6) is 0. The van der Waals surface area contributed by atoms with E-state index in [1.165, 1.54) is 19.4 Å². The Labute approximate surface area is 94.2 Å². The van der Waals surface area contributed by atoms with E-state index in [9.17, 15) is 0 Å². The van der Waals surface area contributed by atoms with Crippen LogP contribution in [0.5, 0.6) is 0 Å². The monoisotopic (exact) mass is 214 g/mol. The normalized spacial score (nSPS) is 24.4. The van der Waals surface area contributed by atoms with Crippen LogP contribution >= 0.6 is 0 Å². The molecule has 0 radical (unpaired) electrons. The minimum atomic E-state index is 0.360. The zero-order valence-electron chi connectivity index (χ0n) is 10.5. The smallest absolute Gasteiger partial charge is 0.0596 e. The Balaban J connectivity index is 2.14. The summed E-state index contributed by atoms with van der Waals surface area (Å²) in [6.07, 6.45) is 2.88. The summed E-state index contributed by atoms with van der Waals surface area (Å²) in [4.78, 5) is 2.50. The van der Waals surface area contributed by atoms with Crippen LogP contribution in [0.25, 0.3) is 0 Å². The zero-order chi connectivity index (χ0) is 11.1. The van der Waals surface area contributed by atoms with Gasteiger partial charge in [-0.15, -0.1) is 0 Å². The van der Waals surface area contributed by atoms with Crippen LogP contribution in [-0.4, -0.2) is 49.8 Å². The molecule has 1 saturated heterocycles. The molecular weight excluding hydrogens is 188 g/mol. The first-order valence-corrected chi connectivity index (χ1v) is 6.29. The van der Waals surface area contributed by atoms with E-state index in [-0.39, 0.29) is 0 Å². The van der Waals surface area contributed by atoms with Crippen molar-refractivity contribution < 1.29 is 4.74 Å². The van der Waals surface area contributed by atoms with Crippen molar-refractivity contribution in [2.75, 3.05) is 32.8 Å². The summed E-state index contributed by atoms with van der Waals surface area (Å²) in [5.41, 5.74) is 0. The molecule has 1 heterocycles. The molecule has 90 valence electrons. The highest BCUT2D eigenvalue weighted by molar-refractivity contribution is 4.73. The largest absolute Gasteiger partial charge is 0.377 e. The van der Waals surface area contributed by atoms with Gasteiger partial charge in [-0.2, -0.15) is 0 Å². The number of ether oxygens (including phenoxy) is 1. The molecule has 1 unspecified atom stereocenters. The summed E-state index contributed by atoms with van der Waals surface area (Å²) in [5, 5.41) is 3.58. The predicted molar refractivity (Wildman–Crippen MR) is 64.2 cm³/mol. The molecule has 1 N–H and O–H groups in total. The lowest BCUT2D eigenvalue weighted by Gasteiger charge is -2.20. The molecule has 15 heavy (non-hydrogen) atoms. The molecule has 0 bridgehead atoms. The predicted octanol–water partition coefficient (Wildman–Crippen LogP) is 1.49. The van der Waals surface area contributed by atoms with Gasteiger partial charge in [0.25, 0.3) is 0 Å². The van der Waals surface area contributed by atoms with Crippen molar-refractivity contribution in [3.63, 3.8) is 0 Å². The van der Waals surface area contributed by atoms with Gasteiger partial charge in [0.2, 0.25) is 0 Å². The van der Waals surface area contributed by atoms with Crippen LogP contribution in [0.4, 0.5) is 0 Å². The Kier molecular flexibility index (Phi) is 6.22. The Bertz CT molecular complexity index is 162. The number of hydrogen-bond donors (Lipinski definition) is 1. The molecule has 0 aromatic heterocycles. The van der Waals surface area contributed by atoms with E-state index in [0.29, 0.717) is 6.10 Å². The average Bonchev–Trinajstić information content (AvgIpc) is 2.42. The molecule has 0 aromatic rings. The maximum absolute atomic E-state index is 5.58. The van der Waals surface area contributed by atoms with Crippen LogP contribution in [0.2, 0.25) is 0 Å². The van der Waals surface area contributed by atoms with Gasteiger partial charge in [-0.05, 0) is 33.2 Å². The Morgan fingerprint density at radius 3 is 2.87 bits per heavy atom. The lowest BCUT2D eigenvalue weighted by molar-refractivity contribution is 0.0602. The molecule has 0 amide bonds. The summed E-state index contributed by atoms with van der Waals surface area (Å²) in [7, 11) is 0. The van der Waals surface area contributed by atoms with Crippen molar-refractivity contribution in [1.82, 2.24) is 10.2 Å². The van der Waals surface area contributed by atoms with Crippen molar-refractivity contribution in [3.05, 3.63) is 0 Å². The van der Waals surface area contributed by atoms with E-state index in [1.807, 2.05) is 0 Å². The highest BCUT2D eigenvalue weighted by Crippen LogP contribution is 2.04. The number of rotatable bonds is 5. The minimum absolute atomic E-state index is 0.360. The quantitative estimate of drug-likeness (QED) is 0.750. The third-order valence-electron chi connectivity index (χ3n) is 3.01. The van der Waals surface area contributed by atoms with Crippen molar-refractivity contribution in [3.8, 4) is 0 Å².